The number of carbonyl (C=O) groups is 1. The molecule has 1 amide bonds. The molecule has 0 aliphatic rings. The fourth-order valence-corrected chi connectivity index (χ4v) is 3.85. The third kappa shape index (κ3) is 4.93. The molecule has 1 aromatic carbocycles. The monoisotopic (exact) mass is 398 g/mol. The lowest BCUT2D eigenvalue weighted by Gasteiger charge is -2.06. The number of rotatable bonds is 8. The molecule has 27 heavy (non-hydrogen) atoms. The number of aryl methyl sites for hydroxylation is 1. The molecular formula is C18H18N6OS2. The number of benzene rings is 1. The molecule has 2 heterocycles. The Labute approximate surface area is 165 Å². The van der Waals surface area contributed by atoms with Crippen LogP contribution < -0.4 is 5.32 Å². The molecule has 0 aliphatic carbocycles. The lowest BCUT2D eigenvalue weighted by Crippen LogP contribution is -2.14. The van der Waals surface area contributed by atoms with Crippen molar-refractivity contribution < 1.29 is 4.79 Å². The molecule has 0 spiro atoms. The number of carbonyl (C=O) groups excluding carboxylic acids is 1. The number of amides is 1. The van der Waals surface area contributed by atoms with Crippen LogP contribution in [-0.4, -0.2) is 31.9 Å². The maximum absolute atomic E-state index is 12.2. The van der Waals surface area contributed by atoms with Crippen molar-refractivity contribution in [1.82, 2.24) is 20.2 Å². The molecule has 0 unspecified atom stereocenters. The number of aromatic nitrogens is 4. The van der Waals surface area contributed by atoms with Gasteiger partial charge in [0.2, 0.25) is 11.1 Å². The van der Waals surface area contributed by atoms with Crippen molar-refractivity contribution in [2.24, 2.45) is 0 Å². The average Bonchev–Trinajstić information content (AvgIpc) is 3.34. The van der Waals surface area contributed by atoms with Crippen LogP contribution in [0.4, 0.5) is 5.00 Å². The number of nitriles is 1. The first kappa shape index (κ1) is 19.1. The van der Waals surface area contributed by atoms with Crippen LogP contribution in [0.3, 0.4) is 0 Å². The first-order valence-electron chi connectivity index (χ1n) is 8.49. The summed E-state index contributed by atoms with van der Waals surface area (Å²) in [5, 5.41) is 26.4. The van der Waals surface area contributed by atoms with E-state index >= 15 is 0 Å². The molecule has 0 aliphatic heterocycles. The van der Waals surface area contributed by atoms with Gasteiger partial charge >= 0.3 is 0 Å². The number of nitrogens with zero attached hydrogens (tertiary/aromatic N) is 5. The summed E-state index contributed by atoms with van der Waals surface area (Å²) in [5.41, 5.74) is 2.60. The second-order valence-electron chi connectivity index (χ2n) is 5.76. The normalized spacial score (nSPS) is 10.5. The van der Waals surface area contributed by atoms with E-state index in [4.69, 9.17) is 5.26 Å². The van der Waals surface area contributed by atoms with Crippen LogP contribution >= 0.6 is 23.1 Å². The molecule has 2 aromatic heterocycles. The third-order valence-electron chi connectivity index (χ3n) is 3.81. The van der Waals surface area contributed by atoms with E-state index in [-0.39, 0.29) is 11.7 Å². The molecule has 7 nitrogen and oxygen atoms in total. The Kier molecular flexibility index (Phi) is 6.57. The fraction of sp³-hybridized carbons (Fsp3) is 0.278. The number of anilines is 1. The maximum Gasteiger partial charge on any atom is 0.235 e. The number of thiophene rings is 1. The number of nitrogens with one attached hydrogen (secondary N) is 1. The second kappa shape index (κ2) is 9.30. The Morgan fingerprint density at radius 2 is 2.15 bits per heavy atom. The summed E-state index contributed by atoms with van der Waals surface area (Å²) in [7, 11) is 0. The van der Waals surface area contributed by atoms with Gasteiger partial charge < -0.3 is 5.32 Å². The summed E-state index contributed by atoms with van der Waals surface area (Å²) in [4.78, 5) is 12.2. The smallest absolute Gasteiger partial charge is 0.235 e. The van der Waals surface area contributed by atoms with Crippen molar-refractivity contribution in [2.75, 3.05) is 11.1 Å². The van der Waals surface area contributed by atoms with E-state index in [0.717, 1.165) is 18.5 Å². The van der Waals surface area contributed by atoms with Crippen molar-refractivity contribution in [3.8, 4) is 11.8 Å². The molecule has 0 saturated carbocycles. The highest BCUT2D eigenvalue weighted by molar-refractivity contribution is 7.99. The van der Waals surface area contributed by atoms with Crippen LogP contribution in [0.2, 0.25) is 0 Å². The van der Waals surface area contributed by atoms with E-state index in [1.165, 1.54) is 35.1 Å². The Bertz CT molecular complexity index is 941. The molecule has 1 N–H and O–H groups in total. The van der Waals surface area contributed by atoms with E-state index < -0.39 is 0 Å². The van der Waals surface area contributed by atoms with Gasteiger partial charge in [-0.1, -0.05) is 37.2 Å². The summed E-state index contributed by atoms with van der Waals surface area (Å²) in [5.74, 6) is -0.0547. The Morgan fingerprint density at radius 1 is 1.33 bits per heavy atom. The third-order valence-corrected chi connectivity index (χ3v) is 5.56. The van der Waals surface area contributed by atoms with Crippen LogP contribution in [0.25, 0.3) is 5.69 Å². The zero-order valence-corrected chi connectivity index (χ0v) is 16.4. The van der Waals surface area contributed by atoms with E-state index in [0.29, 0.717) is 15.7 Å². The number of thioether (sulfide) groups is 1. The number of hydrogen-bond donors (Lipinski definition) is 1. The SMILES string of the molecule is CCCCc1ccc(-n2nnnc2SCC(=O)Nc2sccc2C#N)cc1. The summed E-state index contributed by atoms with van der Waals surface area (Å²) in [6, 6.07) is 11.8. The van der Waals surface area contributed by atoms with Crippen molar-refractivity contribution in [3.05, 3.63) is 46.8 Å². The zero-order valence-electron chi connectivity index (χ0n) is 14.8. The van der Waals surface area contributed by atoms with Gasteiger partial charge in [-0.2, -0.15) is 9.94 Å². The van der Waals surface area contributed by atoms with E-state index in [2.05, 4.69) is 46.0 Å². The Hall–Kier alpha value is -2.70. The fourth-order valence-electron chi connectivity index (χ4n) is 2.40. The van der Waals surface area contributed by atoms with Gasteiger partial charge in [0.25, 0.3) is 0 Å². The first-order chi connectivity index (χ1) is 13.2. The highest BCUT2D eigenvalue weighted by Gasteiger charge is 2.13. The molecule has 0 bridgehead atoms. The molecule has 3 rings (SSSR count). The van der Waals surface area contributed by atoms with Crippen LogP contribution in [0.1, 0.15) is 30.9 Å². The minimum absolute atomic E-state index is 0.151. The minimum Gasteiger partial charge on any atom is -0.316 e. The summed E-state index contributed by atoms with van der Waals surface area (Å²) in [6.07, 6.45) is 3.39. The topological polar surface area (TPSA) is 96.5 Å². The van der Waals surface area contributed by atoms with Gasteiger partial charge in [0.15, 0.2) is 0 Å². The molecule has 0 radical (unpaired) electrons. The van der Waals surface area contributed by atoms with Gasteiger partial charge in [0, 0.05) is 0 Å². The number of tetrazole rings is 1. The second-order valence-corrected chi connectivity index (χ2v) is 7.61. The van der Waals surface area contributed by atoms with Crippen LogP contribution in [-0.2, 0) is 11.2 Å². The van der Waals surface area contributed by atoms with Crippen molar-refractivity contribution in [1.29, 1.82) is 5.26 Å². The van der Waals surface area contributed by atoms with Gasteiger partial charge in [0.1, 0.15) is 11.1 Å². The Morgan fingerprint density at radius 3 is 2.89 bits per heavy atom. The highest BCUT2D eigenvalue weighted by atomic mass is 32.2. The largest absolute Gasteiger partial charge is 0.316 e. The zero-order chi connectivity index (χ0) is 19.1. The maximum atomic E-state index is 12.2. The van der Waals surface area contributed by atoms with Crippen LogP contribution in [0, 0.1) is 11.3 Å². The number of unbranched alkanes of at least 4 members (excludes halogenated alkanes) is 1. The van der Waals surface area contributed by atoms with Gasteiger partial charge in [-0.05, 0) is 52.4 Å². The van der Waals surface area contributed by atoms with Crippen molar-refractivity contribution in [3.63, 3.8) is 0 Å². The predicted octanol–water partition coefficient (Wildman–Crippen LogP) is 3.67. The summed E-state index contributed by atoms with van der Waals surface area (Å²) in [6.45, 7) is 2.18. The summed E-state index contributed by atoms with van der Waals surface area (Å²) < 4.78 is 1.62. The Balaban J connectivity index is 1.62. The molecule has 0 fully saturated rings. The van der Waals surface area contributed by atoms with E-state index in [9.17, 15) is 4.79 Å². The molecule has 3 aromatic rings. The average molecular weight is 399 g/mol. The number of hydrogen-bond acceptors (Lipinski definition) is 7. The van der Waals surface area contributed by atoms with Gasteiger partial charge in [-0.15, -0.1) is 16.4 Å². The van der Waals surface area contributed by atoms with E-state index in [1.54, 1.807) is 16.1 Å². The highest BCUT2D eigenvalue weighted by Crippen LogP contribution is 2.23. The molecular weight excluding hydrogens is 380 g/mol. The van der Waals surface area contributed by atoms with Gasteiger partial charge in [-0.25, -0.2) is 0 Å². The quantitative estimate of drug-likeness (QED) is 0.582. The minimum atomic E-state index is -0.205. The molecule has 138 valence electrons. The lowest BCUT2D eigenvalue weighted by molar-refractivity contribution is -0.113. The van der Waals surface area contributed by atoms with Gasteiger partial charge in [-0.3, -0.25) is 4.79 Å². The van der Waals surface area contributed by atoms with Crippen LogP contribution in [0.15, 0.2) is 40.9 Å². The molecule has 0 saturated heterocycles. The van der Waals surface area contributed by atoms with Crippen molar-refractivity contribution >= 4 is 34.0 Å². The van der Waals surface area contributed by atoms with Crippen molar-refractivity contribution in [2.45, 2.75) is 31.3 Å². The molecule has 9 heteroatoms. The van der Waals surface area contributed by atoms with Gasteiger partial charge in [0.05, 0.1) is 17.0 Å². The summed E-state index contributed by atoms with van der Waals surface area (Å²) >= 11 is 2.57. The van der Waals surface area contributed by atoms with E-state index in [1.807, 2.05) is 12.1 Å². The predicted molar refractivity (Wildman–Crippen MR) is 106 cm³/mol. The lowest BCUT2D eigenvalue weighted by atomic mass is 10.1. The molecule has 0 atom stereocenters. The standard InChI is InChI=1S/C18H18N6OS2/c1-2-3-4-13-5-7-15(8-6-13)24-18(21-22-23-24)27-12-16(25)20-17-14(11-19)9-10-26-17/h5-10H,2-4,12H2,1H3,(H,20,25). The first-order valence-corrected chi connectivity index (χ1v) is 10.4. The van der Waals surface area contributed by atoms with Crippen LogP contribution in [0.5, 0.6) is 0 Å².